The summed E-state index contributed by atoms with van der Waals surface area (Å²) in [5.74, 6) is 0.179. The van der Waals surface area contributed by atoms with Crippen LogP contribution in [0.5, 0.6) is 11.5 Å². The van der Waals surface area contributed by atoms with Gasteiger partial charge in [-0.3, -0.25) is 13.9 Å². The number of carbonyl (C=O) groups is 2. The van der Waals surface area contributed by atoms with Crippen molar-refractivity contribution >= 4 is 27.5 Å². The van der Waals surface area contributed by atoms with Gasteiger partial charge in [-0.15, -0.1) is 0 Å². The third-order valence-electron chi connectivity index (χ3n) is 5.67. The van der Waals surface area contributed by atoms with E-state index in [4.69, 9.17) is 9.47 Å². The standard InChI is InChI=1S/C26H37N3O6S/c1-19(2)17-27-26(31)20(3)28(15-14-21-10-8-7-9-11-21)25(30)18-29(36(6,32)33)23-13-12-22(34-4)16-24(23)35-5/h7-13,16,19-20H,14-15,17-18H2,1-6H3,(H,27,31)/t20-/m0/s1. The van der Waals surface area contributed by atoms with E-state index in [1.54, 1.807) is 19.1 Å². The molecule has 0 bridgehead atoms. The summed E-state index contributed by atoms with van der Waals surface area (Å²) < 4.78 is 37.1. The Balaban J connectivity index is 2.37. The van der Waals surface area contributed by atoms with Crippen molar-refractivity contribution in [1.82, 2.24) is 10.2 Å². The number of benzene rings is 2. The summed E-state index contributed by atoms with van der Waals surface area (Å²) >= 11 is 0. The van der Waals surface area contributed by atoms with Crippen LogP contribution in [0.25, 0.3) is 0 Å². The zero-order chi connectivity index (χ0) is 26.9. The van der Waals surface area contributed by atoms with Crippen LogP contribution in [0.4, 0.5) is 5.69 Å². The lowest BCUT2D eigenvalue weighted by Gasteiger charge is -2.32. The summed E-state index contributed by atoms with van der Waals surface area (Å²) in [7, 11) is -0.969. The van der Waals surface area contributed by atoms with Gasteiger partial charge in [0.15, 0.2) is 0 Å². The fourth-order valence-electron chi connectivity index (χ4n) is 3.61. The third-order valence-corrected chi connectivity index (χ3v) is 6.80. The number of anilines is 1. The molecule has 2 aromatic rings. The zero-order valence-electron chi connectivity index (χ0n) is 21.9. The van der Waals surface area contributed by atoms with Crippen LogP contribution in [0.1, 0.15) is 26.3 Å². The minimum atomic E-state index is -3.87. The Labute approximate surface area is 214 Å². The van der Waals surface area contributed by atoms with Crippen molar-refractivity contribution < 1.29 is 27.5 Å². The Morgan fingerprint density at radius 1 is 1.00 bits per heavy atom. The minimum absolute atomic E-state index is 0.203. The zero-order valence-corrected chi connectivity index (χ0v) is 22.7. The van der Waals surface area contributed by atoms with Crippen LogP contribution in [0, 0.1) is 5.92 Å². The lowest BCUT2D eigenvalue weighted by atomic mass is 10.1. The van der Waals surface area contributed by atoms with Gasteiger partial charge in [-0.05, 0) is 37.0 Å². The molecule has 0 unspecified atom stereocenters. The summed E-state index contributed by atoms with van der Waals surface area (Å²) in [5, 5.41) is 2.86. The van der Waals surface area contributed by atoms with Crippen LogP contribution in [0.2, 0.25) is 0 Å². The molecule has 0 aliphatic carbocycles. The van der Waals surface area contributed by atoms with Crippen molar-refractivity contribution in [3.63, 3.8) is 0 Å². The highest BCUT2D eigenvalue weighted by molar-refractivity contribution is 7.92. The van der Waals surface area contributed by atoms with Crippen LogP contribution < -0.4 is 19.1 Å². The van der Waals surface area contributed by atoms with Crippen LogP contribution in [0.15, 0.2) is 48.5 Å². The van der Waals surface area contributed by atoms with Crippen molar-refractivity contribution in [3.8, 4) is 11.5 Å². The number of rotatable bonds is 13. The van der Waals surface area contributed by atoms with E-state index in [1.165, 1.54) is 25.2 Å². The monoisotopic (exact) mass is 519 g/mol. The number of hydrogen-bond acceptors (Lipinski definition) is 6. The second-order valence-electron chi connectivity index (χ2n) is 8.95. The van der Waals surface area contributed by atoms with Crippen LogP contribution in [-0.4, -0.2) is 71.3 Å². The van der Waals surface area contributed by atoms with Gasteiger partial charge in [-0.2, -0.15) is 0 Å². The molecule has 0 heterocycles. The SMILES string of the molecule is COc1ccc(N(CC(=O)N(CCc2ccccc2)[C@@H](C)C(=O)NCC(C)C)S(C)(=O)=O)c(OC)c1. The van der Waals surface area contributed by atoms with Gasteiger partial charge in [-0.25, -0.2) is 8.42 Å². The lowest BCUT2D eigenvalue weighted by Crippen LogP contribution is -2.52. The topological polar surface area (TPSA) is 105 Å². The molecule has 0 aliphatic rings. The molecule has 36 heavy (non-hydrogen) atoms. The van der Waals surface area contributed by atoms with E-state index in [-0.39, 0.29) is 29.8 Å². The number of ether oxygens (including phenoxy) is 2. The molecule has 2 rings (SSSR count). The van der Waals surface area contributed by atoms with Gasteiger partial charge in [0, 0.05) is 19.2 Å². The predicted molar refractivity (Wildman–Crippen MR) is 141 cm³/mol. The largest absolute Gasteiger partial charge is 0.497 e. The molecule has 2 amide bonds. The number of sulfonamides is 1. The molecule has 0 saturated heterocycles. The number of nitrogens with one attached hydrogen (secondary N) is 1. The molecule has 0 saturated carbocycles. The second kappa shape index (κ2) is 13.2. The molecule has 198 valence electrons. The first kappa shape index (κ1) is 29.0. The lowest BCUT2D eigenvalue weighted by molar-refractivity contribution is -0.138. The molecule has 9 nitrogen and oxygen atoms in total. The normalized spacial score (nSPS) is 12.1. The van der Waals surface area contributed by atoms with E-state index in [2.05, 4.69) is 5.32 Å². The van der Waals surface area contributed by atoms with Gasteiger partial charge in [-0.1, -0.05) is 44.2 Å². The maximum absolute atomic E-state index is 13.6. The average molecular weight is 520 g/mol. The number of nitrogens with zero attached hydrogens (tertiary/aromatic N) is 2. The van der Waals surface area contributed by atoms with Crippen molar-refractivity contribution in [1.29, 1.82) is 0 Å². The van der Waals surface area contributed by atoms with E-state index in [0.717, 1.165) is 16.1 Å². The summed E-state index contributed by atoms with van der Waals surface area (Å²) in [6.07, 6.45) is 1.54. The number of carbonyl (C=O) groups excluding carboxylic acids is 2. The highest BCUT2D eigenvalue weighted by Crippen LogP contribution is 2.33. The molecule has 1 N–H and O–H groups in total. The Kier molecular flexibility index (Phi) is 10.6. The summed E-state index contributed by atoms with van der Waals surface area (Å²) in [4.78, 5) is 27.9. The highest BCUT2D eigenvalue weighted by atomic mass is 32.2. The molecule has 0 radical (unpaired) electrons. The average Bonchev–Trinajstić information content (AvgIpc) is 2.85. The van der Waals surface area contributed by atoms with Gasteiger partial charge in [0.05, 0.1) is 26.2 Å². The first-order valence-corrected chi connectivity index (χ1v) is 13.6. The van der Waals surface area contributed by atoms with Gasteiger partial charge < -0.3 is 19.7 Å². The molecular weight excluding hydrogens is 482 g/mol. The number of methoxy groups -OCH3 is 2. The van der Waals surface area contributed by atoms with Crippen molar-refractivity contribution in [2.45, 2.75) is 33.2 Å². The van der Waals surface area contributed by atoms with Gasteiger partial charge in [0.2, 0.25) is 21.8 Å². The Morgan fingerprint density at radius 3 is 2.22 bits per heavy atom. The third kappa shape index (κ3) is 8.15. The summed E-state index contributed by atoms with van der Waals surface area (Å²) in [5.41, 5.74) is 1.20. The fourth-order valence-corrected chi connectivity index (χ4v) is 4.46. The molecule has 1 atom stereocenters. The Hall–Kier alpha value is -3.27. The molecule has 0 fully saturated rings. The van der Waals surface area contributed by atoms with Crippen LogP contribution >= 0.6 is 0 Å². The number of amides is 2. The van der Waals surface area contributed by atoms with Crippen molar-refractivity contribution in [2.75, 3.05) is 44.4 Å². The van der Waals surface area contributed by atoms with Gasteiger partial charge >= 0.3 is 0 Å². The second-order valence-corrected chi connectivity index (χ2v) is 10.9. The van der Waals surface area contributed by atoms with E-state index in [9.17, 15) is 18.0 Å². The quantitative estimate of drug-likeness (QED) is 0.436. The maximum atomic E-state index is 13.6. The Morgan fingerprint density at radius 2 is 1.67 bits per heavy atom. The molecule has 10 heteroatoms. The summed E-state index contributed by atoms with van der Waals surface area (Å²) in [6, 6.07) is 13.5. The van der Waals surface area contributed by atoms with E-state index in [0.29, 0.717) is 18.7 Å². The van der Waals surface area contributed by atoms with E-state index < -0.39 is 28.5 Å². The first-order chi connectivity index (χ1) is 17.0. The predicted octanol–water partition coefficient (Wildman–Crippen LogP) is 2.70. The first-order valence-electron chi connectivity index (χ1n) is 11.8. The molecule has 2 aromatic carbocycles. The number of hydrogen-bond donors (Lipinski definition) is 1. The molecule has 0 spiro atoms. The van der Waals surface area contributed by atoms with Gasteiger partial charge in [0.1, 0.15) is 24.1 Å². The van der Waals surface area contributed by atoms with E-state index >= 15 is 0 Å². The van der Waals surface area contributed by atoms with Crippen molar-refractivity contribution in [2.24, 2.45) is 5.92 Å². The van der Waals surface area contributed by atoms with Crippen LogP contribution in [0.3, 0.4) is 0 Å². The Bertz CT molecular complexity index is 1120. The maximum Gasteiger partial charge on any atom is 0.244 e. The van der Waals surface area contributed by atoms with E-state index in [1.807, 2.05) is 44.2 Å². The smallest absolute Gasteiger partial charge is 0.244 e. The van der Waals surface area contributed by atoms with Crippen LogP contribution in [-0.2, 0) is 26.0 Å². The van der Waals surface area contributed by atoms with Gasteiger partial charge in [0.25, 0.3) is 0 Å². The van der Waals surface area contributed by atoms with Crippen molar-refractivity contribution in [3.05, 3.63) is 54.1 Å². The molecule has 0 aliphatic heterocycles. The molecular formula is C26H37N3O6S. The fraction of sp³-hybridized carbons (Fsp3) is 0.462. The molecule has 0 aromatic heterocycles. The minimum Gasteiger partial charge on any atom is -0.497 e. The summed E-state index contributed by atoms with van der Waals surface area (Å²) in [6.45, 7) is 5.85. The highest BCUT2D eigenvalue weighted by Gasteiger charge is 2.31.